The van der Waals surface area contributed by atoms with Crippen LogP contribution in [0.2, 0.25) is 0 Å². The van der Waals surface area contributed by atoms with Gasteiger partial charge in [0.05, 0.1) is 12.5 Å². The zero-order valence-electron chi connectivity index (χ0n) is 16.8. The quantitative estimate of drug-likeness (QED) is 0.257. The number of aliphatic imine (C=N–C) groups is 1. The average molecular weight is 522 g/mol. The molecule has 1 aliphatic heterocycles. The van der Waals surface area contributed by atoms with Crippen LogP contribution in [0.4, 0.5) is 0 Å². The van der Waals surface area contributed by atoms with E-state index in [0.29, 0.717) is 6.61 Å². The van der Waals surface area contributed by atoms with E-state index in [9.17, 15) is 9.59 Å². The molecule has 0 saturated carbocycles. The molecule has 2 heterocycles. The number of hydrogen-bond acceptors (Lipinski definition) is 5. The van der Waals surface area contributed by atoms with Crippen LogP contribution in [0.1, 0.15) is 24.6 Å². The summed E-state index contributed by atoms with van der Waals surface area (Å²) in [7, 11) is 3.46. The Labute approximate surface area is 188 Å². The number of carbonyl (C=O) groups is 2. The summed E-state index contributed by atoms with van der Waals surface area (Å²) in [6.45, 7) is 4.58. The van der Waals surface area contributed by atoms with Crippen LogP contribution in [0.25, 0.3) is 0 Å². The fourth-order valence-corrected chi connectivity index (χ4v) is 3.60. The number of nitrogens with one attached hydrogen (secondary N) is 1. The van der Waals surface area contributed by atoms with Crippen molar-refractivity contribution in [2.75, 3.05) is 46.9 Å². The zero-order valence-corrected chi connectivity index (χ0v) is 20.0. The molecule has 1 fully saturated rings. The number of ether oxygens (including phenoxy) is 1. The molecule has 0 unspecified atom stereocenters. The standard InChI is InChI=1S/C19H30N4O3S.HI/c1-4-26-18(25)15-8-11-23(12-9-15)19(21-14-17(24)22(2)3)20-10-7-16-6-5-13-27-16;/h5-6,13,15H,4,7-12,14H2,1-3H3,(H,20,21);1H. The molecule has 0 bridgehead atoms. The number of halogens is 1. The Morgan fingerprint density at radius 3 is 2.64 bits per heavy atom. The lowest BCUT2D eigenvalue weighted by atomic mass is 9.97. The molecule has 1 N–H and O–H groups in total. The Bertz CT molecular complexity index is 629. The van der Waals surface area contributed by atoms with Crippen LogP contribution >= 0.6 is 35.3 Å². The number of piperidine rings is 1. The molecule has 0 aromatic carbocycles. The van der Waals surface area contributed by atoms with Gasteiger partial charge >= 0.3 is 5.97 Å². The van der Waals surface area contributed by atoms with Crippen molar-refractivity contribution in [3.8, 4) is 0 Å². The van der Waals surface area contributed by atoms with Crippen molar-refractivity contribution in [1.82, 2.24) is 15.1 Å². The van der Waals surface area contributed by atoms with Gasteiger partial charge in [-0.15, -0.1) is 35.3 Å². The maximum absolute atomic E-state index is 11.9. The van der Waals surface area contributed by atoms with Crippen molar-refractivity contribution < 1.29 is 14.3 Å². The first-order valence-electron chi connectivity index (χ1n) is 9.43. The second kappa shape index (κ2) is 13.0. The third-order valence-electron chi connectivity index (χ3n) is 4.51. The van der Waals surface area contributed by atoms with Crippen molar-refractivity contribution >= 4 is 53.1 Å². The predicted octanol–water partition coefficient (Wildman–Crippen LogP) is 2.22. The molecule has 28 heavy (non-hydrogen) atoms. The number of likely N-dealkylation sites (tertiary alicyclic amines) is 1. The number of carbonyl (C=O) groups excluding carboxylic acids is 2. The largest absolute Gasteiger partial charge is 0.466 e. The average Bonchev–Trinajstić information content (AvgIpc) is 3.18. The first-order valence-corrected chi connectivity index (χ1v) is 10.3. The lowest BCUT2D eigenvalue weighted by molar-refractivity contribution is -0.149. The number of guanidine groups is 1. The molecule has 2 rings (SSSR count). The van der Waals surface area contributed by atoms with E-state index in [0.717, 1.165) is 44.9 Å². The number of likely N-dealkylation sites (N-methyl/N-ethyl adjacent to an activating group) is 1. The minimum atomic E-state index is -0.107. The van der Waals surface area contributed by atoms with E-state index in [4.69, 9.17) is 4.74 Å². The maximum Gasteiger partial charge on any atom is 0.309 e. The van der Waals surface area contributed by atoms with Crippen LogP contribution in [0, 0.1) is 5.92 Å². The van der Waals surface area contributed by atoms with E-state index in [-0.39, 0.29) is 48.3 Å². The first-order chi connectivity index (χ1) is 13.0. The monoisotopic (exact) mass is 522 g/mol. The first kappa shape index (κ1) is 24.7. The summed E-state index contributed by atoms with van der Waals surface area (Å²) in [4.78, 5) is 33.4. The summed E-state index contributed by atoms with van der Waals surface area (Å²) in [6.07, 6.45) is 2.40. The third-order valence-corrected chi connectivity index (χ3v) is 5.45. The number of thiophene rings is 1. The molecule has 1 aromatic rings. The van der Waals surface area contributed by atoms with Gasteiger partial charge in [0, 0.05) is 38.6 Å². The molecule has 0 spiro atoms. The normalized spacial score (nSPS) is 15.0. The number of hydrogen-bond donors (Lipinski definition) is 1. The SMILES string of the molecule is CCOC(=O)C1CCN(C(=NCC(=O)N(C)C)NCCc2cccs2)CC1.I. The van der Waals surface area contributed by atoms with E-state index in [2.05, 4.69) is 26.7 Å². The van der Waals surface area contributed by atoms with Gasteiger partial charge in [-0.1, -0.05) is 6.07 Å². The molecule has 1 amide bonds. The van der Waals surface area contributed by atoms with Crippen LogP contribution in [0.15, 0.2) is 22.5 Å². The smallest absolute Gasteiger partial charge is 0.309 e. The van der Waals surface area contributed by atoms with Gasteiger partial charge in [0.25, 0.3) is 0 Å². The van der Waals surface area contributed by atoms with Crippen LogP contribution < -0.4 is 5.32 Å². The van der Waals surface area contributed by atoms with Crippen LogP contribution in [0.5, 0.6) is 0 Å². The summed E-state index contributed by atoms with van der Waals surface area (Å²) in [5.41, 5.74) is 0. The summed E-state index contributed by atoms with van der Waals surface area (Å²) in [6, 6.07) is 4.16. The van der Waals surface area contributed by atoms with E-state index < -0.39 is 0 Å². The Morgan fingerprint density at radius 1 is 1.36 bits per heavy atom. The molecule has 158 valence electrons. The number of amides is 1. The van der Waals surface area contributed by atoms with Crippen molar-refractivity contribution in [3.63, 3.8) is 0 Å². The van der Waals surface area contributed by atoms with E-state index in [1.807, 2.05) is 13.0 Å². The van der Waals surface area contributed by atoms with Gasteiger partial charge in [0.1, 0.15) is 6.54 Å². The molecule has 0 aliphatic carbocycles. The van der Waals surface area contributed by atoms with Crippen molar-refractivity contribution in [2.45, 2.75) is 26.2 Å². The van der Waals surface area contributed by atoms with Crippen molar-refractivity contribution in [3.05, 3.63) is 22.4 Å². The molecule has 1 aliphatic rings. The lowest BCUT2D eigenvalue weighted by Crippen LogP contribution is -2.47. The molecule has 9 heteroatoms. The summed E-state index contributed by atoms with van der Waals surface area (Å²) in [5.74, 6) is 0.555. The molecule has 7 nitrogen and oxygen atoms in total. The highest BCUT2D eigenvalue weighted by Crippen LogP contribution is 2.19. The maximum atomic E-state index is 11.9. The van der Waals surface area contributed by atoms with E-state index >= 15 is 0 Å². The van der Waals surface area contributed by atoms with Gasteiger partial charge in [-0.25, -0.2) is 4.99 Å². The second-order valence-electron chi connectivity index (χ2n) is 6.70. The highest BCUT2D eigenvalue weighted by molar-refractivity contribution is 14.0. The van der Waals surface area contributed by atoms with Crippen LogP contribution in [0.3, 0.4) is 0 Å². The molecular formula is C19H31IN4O3S. The minimum Gasteiger partial charge on any atom is -0.466 e. The van der Waals surface area contributed by atoms with Gasteiger partial charge in [0.15, 0.2) is 5.96 Å². The summed E-state index contributed by atoms with van der Waals surface area (Å²) >= 11 is 1.73. The van der Waals surface area contributed by atoms with Gasteiger partial charge in [-0.3, -0.25) is 9.59 Å². The fourth-order valence-electron chi connectivity index (χ4n) is 2.89. The molecule has 1 aromatic heterocycles. The lowest BCUT2D eigenvalue weighted by Gasteiger charge is -2.33. The summed E-state index contributed by atoms with van der Waals surface area (Å²) < 4.78 is 5.14. The molecular weight excluding hydrogens is 491 g/mol. The summed E-state index contributed by atoms with van der Waals surface area (Å²) in [5, 5.41) is 5.46. The predicted molar refractivity (Wildman–Crippen MR) is 123 cm³/mol. The third kappa shape index (κ3) is 7.94. The Balaban J connectivity index is 0.00000392. The van der Waals surface area contributed by atoms with Crippen molar-refractivity contribution in [2.24, 2.45) is 10.9 Å². The van der Waals surface area contributed by atoms with Gasteiger partial charge < -0.3 is 19.9 Å². The van der Waals surface area contributed by atoms with Gasteiger partial charge in [-0.2, -0.15) is 0 Å². The molecule has 0 atom stereocenters. The number of esters is 1. The van der Waals surface area contributed by atoms with Gasteiger partial charge in [-0.05, 0) is 37.6 Å². The molecule has 0 radical (unpaired) electrons. The Kier molecular flexibility index (Phi) is 11.4. The van der Waals surface area contributed by atoms with E-state index in [1.165, 1.54) is 4.88 Å². The topological polar surface area (TPSA) is 74.2 Å². The van der Waals surface area contributed by atoms with Gasteiger partial charge in [0.2, 0.25) is 5.91 Å². The van der Waals surface area contributed by atoms with E-state index in [1.54, 1.807) is 30.3 Å². The Morgan fingerprint density at radius 2 is 2.07 bits per heavy atom. The highest BCUT2D eigenvalue weighted by atomic mass is 127. The minimum absolute atomic E-state index is 0. The van der Waals surface area contributed by atoms with Crippen LogP contribution in [-0.2, 0) is 20.7 Å². The second-order valence-corrected chi connectivity index (χ2v) is 7.73. The number of rotatable bonds is 7. The fraction of sp³-hybridized carbons (Fsp3) is 0.632. The zero-order chi connectivity index (χ0) is 19.6. The molecule has 1 saturated heterocycles. The Hall–Kier alpha value is -1.36. The van der Waals surface area contributed by atoms with Crippen LogP contribution in [-0.4, -0.2) is 74.5 Å². The number of nitrogens with zero attached hydrogens (tertiary/aromatic N) is 3. The highest BCUT2D eigenvalue weighted by Gasteiger charge is 2.27. The van der Waals surface area contributed by atoms with Crippen molar-refractivity contribution in [1.29, 1.82) is 0 Å².